The van der Waals surface area contributed by atoms with E-state index in [1.807, 2.05) is 54.6 Å². The molecule has 4 aromatic rings. The molecule has 3 aromatic carbocycles. The number of pyridine rings is 1. The maximum Gasteiger partial charge on any atom is 0.312 e. The second kappa shape index (κ2) is 6.71. The predicted octanol–water partition coefficient (Wildman–Crippen LogP) is 4.57. The van der Waals surface area contributed by atoms with Crippen molar-refractivity contribution >= 4 is 16.9 Å². The number of hydrogen-bond donors (Lipinski definition) is 0. The molecule has 0 saturated carbocycles. The molecule has 5 rings (SSSR count). The Bertz CT molecular complexity index is 1310. The molecular weight excluding hydrogens is 369 g/mol. The van der Waals surface area contributed by atoms with Gasteiger partial charge in [0.1, 0.15) is 11.6 Å². The predicted molar refractivity (Wildman–Crippen MR) is 108 cm³/mol. The number of fused-ring (bicyclic) bond motifs is 3. The van der Waals surface area contributed by atoms with Crippen molar-refractivity contribution in [1.82, 2.24) is 4.57 Å². The highest BCUT2D eigenvalue weighted by Crippen LogP contribution is 2.41. The Kier molecular flexibility index (Phi) is 4.02. The molecule has 1 aromatic heterocycles. The van der Waals surface area contributed by atoms with Crippen LogP contribution in [-0.4, -0.2) is 10.5 Å². The first-order chi connectivity index (χ1) is 14.1. The van der Waals surface area contributed by atoms with Crippen LogP contribution in [0.2, 0.25) is 0 Å². The van der Waals surface area contributed by atoms with Crippen LogP contribution in [-0.2, 0) is 4.79 Å². The SMILES string of the molecule is O=C1CC(c2ccccc2F)c2c(c3ccccc3n(-c3ccccc3)c2=O)O1. The lowest BCUT2D eigenvalue weighted by atomic mass is 9.86. The maximum atomic E-state index is 14.6. The largest absolute Gasteiger partial charge is 0.425 e. The highest BCUT2D eigenvalue weighted by atomic mass is 19.1. The van der Waals surface area contributed by atoms with Crippen molar-refractivity contribution in [2.24, 2.45) is 0 Å². The van der Waals surface area contributed by atoms with Gasteiger partial charge in [0.25, 0.3) is 5.56 Å². The summed E-state index contributed by atoms with van der Waals surface area (Å²) in [6, 6.07) is 22.8. The summed E-state index contributed by atoms with van der Waals surface area (Å²) in [4.78, 5) is 26.1. The lowest BCUT2D eigenvalue weighted by Gasteiger charge is -2.27. The summed E-state index contributed by atoms with van der Waals surface area (Å²) in [6.45, 7) is 0. The first kappa shape index (κ1) is 17.4. The van der Waals surface area contributed by atoms with E-state index < -0.39 is 17.7 Å². The van der Waals surface area contributed by atoms with Crippen molar-refractivity contribution in [3.05, 3.63) is 106 Å². The van der Waals surface area contributed by atoms with Crippen LogP contribution < -0.4 is 10.3 Å². The van der Waals surface area contributed by atoms with E-state index in [0.29, 0.717) is 27.7 Å². The minimum atomic E-state index is -0.709. The van der Waals surface area contributed by atoms with Crippen LogP contribution in [0.4, 0.5) is 4.39 Å². The fraction of sp³-hybridized carbons (Fsp3) is 0.0833. The molecule has 5 heteroatoms. The Hall–Kier alpha value is -3.73. The number of benzene rings is 3. The topological polar surface area (TPSA) is 48.3 Å². The third-order valence-corrected chi connectivity index (χ3v) is 5.30. The van der Waals surface area contributed by atoms with Gasteiger partial charge in [0.15, 0.2) is 0 Å². The van der Waals surface area contributed by atoms with E-state index in [4.69, 9.17) is 4.74 Å². The molecule has 0 radical (unpaired) electrons. The number of carbonyl (C=O) groups is 1. The van der Waals surface area contributed by atoms with Crippen molar-refractivity contribution in [3.63, 3.8) is 0 Å². The van der Waals surface area contributed by atoms with Crippen molar-refractivity contribution in [1.29, 1.82) is 0 Å². The fourth-order valence-corrected chi connectivity index (χ4v) is 4.03. The number of ether oxygens (including phenoxy) is 1. The van der Waals surface area contributed by atoms with E-state index in [-0.39, 0.29) is 17.7 Å². The van der Waals surface area contributed by atoms with Crippen LogP contribution in [0, 0.1) is 5.82 Å². The van der Waals surface area contributed by atoms with Crippen molar-refractivity contribution in [2.75, 3.05) is 0 Å². The van der Waals surface area contributed by atoms with E-state index in [2.05, 4.69) is 0 Å². The number of rotatable bonds is 2. The fourth-order valence-electron chi connectivity index (χ4n) is 4.03. The van der Waals surface area contributed by atoms with Crippen LogP contribution in [0.25, 0.3) is 16.6 Å². The van der Waals surface area contributed by atoms with E-state index in [1.165, 1.54) is 6.07 Å². The van der Waals surface area contributed by atoms with Gasteiger partial charge in [0.05, 0.1) is 17.5 Å². The first-order valence-electron chi connectivity index (χ1n) is 9.33. The molecule has 4 nitrogen and oxygen atoms in total. The van der Waals surface area contributed by atoms with Crippen molar-refractivity contribution < 1.29 is 13.9 Å². The van der Waals surface area contributed by atoms with Gasteiger partial charge in [-0.15, -0.1) is 0 Å². The van der Waals surface area contributed by atoms with Gasteiger partial charge in [-0.3, -0.25) is 14.2 Å². The lowest BCUT2D eigenvalue weighted by molar-refractivity contribution is -0.135. The molecule has 0 bridgehead atoms. The van der Waals surface area contributed by atoms with Gasteiger partial charge in [-0.2, -0.15) is 0 Å². The van der Waals surface area contributed by atoms with Gasteiger partial charge < -0.3 is 4.74 Å². The highest BCUT2D eigenvalue weighted by Gasteiger charge is 2.35. The zero-order valence-electron chi connectivity index (χ0n) is 15.3. The molecule has 1 aliphatic heterocycles. The summed E-state index contributed by atoms with van der Waals surface area (Å²) in [5.74, 6) is -1.41. The summed E-state index contributed by atoms with van der Waals surface area (Å²) in [7, 11) is 0. The zero-order valence-corrected chi connectivity index (χ0v) is 15.3. The van der Waals surface area contributed by atoms with Crippen LogP contribution in [0.3, 0.4) is 0 Å². The van der Waals surface area contributed by atoms with Gasteiger partial charge in [-0.1, -0.05) is 48.5 Å². The second-order valence-corrected chi connectivity index (χ2v) is 6.99. The van der Waals surface area contributed by atoms with Crippen LogP contribution in [0.1, 0.15) is 23.5 Å². The second-order valence-electron chi connectivity index (χ2n) is 6.99. The molecule has 0 aliphatic carbocycles. The van der Waals surface area contributed by atoms with Crippen LogP contribution in [0.15, 0.2) is 83.7 Å². The average molecular weight is 385 g/mol. The first-order valence-corrected chi connectivity index (χ1v) is 9.33. The number of halogens is 1. The minimum Gasteiger partial charge on any atom is -0.425 e. The third-order valence-electron chi connectivity index (χ3n) is 5.30. The number of nitrogens with zero attached hydrogens (tertiary/aromatic N) is 1. The number of para-hydroxylation sites is 2. The summed E-state index contributed by atoms with van der Waals surface area (Å²) >= 11 is 0. The van der Waals surface area contributed by atoms with Gasteiger partial charge in [-0.05, 0) is 35.9 Å². The molecule has 0 fully saturated rings. The Balaban J connectivity index is 1.90. The molecule has 0 spiro atoms. The van der Waals surface area contributed by atoms with Gasteiger partial charge in [0, 0.05) is 17.0 Å². The molecule has 29 heavy (non-hydrogen) atoms. The Labute approximate surface area is 165 Å². The molecule has 1 aliphatic rings. The van der Waals surface area contributed by atoms with Gasteiger partial charge >= 0.3 is 5.97 Å². The minimum absolute atomic E-state index is 0.0870. The summed E-state index contributed by atoms with van der Waals surface area (Å²) in [6.07, 6.45) is -0.0870. The molecule has 1 unspecified atom stereocenters. The van der Waals surface area contributed by atoms with Crippen molar-refractivity contribution in [3.8, 4) is 11.4 Å². The smallest absolute Gasteiger partial charge is 0.312 e. The zero-order chi connectivity index (χ0) is 20.0. The molecular formula is C24H16FNO3. The van der Waals surface area contributed by atoms with Crippen LogP contribution >= 0.6 is 0 Å². The van der Waals surface area contributed by atoms with Gasteiger partial charge in [0.2, 0.25) is 0 Å². The molecule has 2 heterocycles. The number of aromatic nitrogens is 1. The van der Waals surface area contributed by atoms with E-state index in [9.17, 15) is 14.0 Å². The summed E-state index contributed by atoms with van der Waals surface area (Å²) in [5, 5.41) is 0.639. The Morgan fingerprint density at radius 2 is 1.55 bits per heavy atom. The van der Waals surface area contributed by atoms with Crippen LogP contribution in [0.5, 0.6) is 5.75 Å². The summed E-state index contributed by atoms with van der Waals surface area (Å²) < 4.78 is 21.7. The standard InChI is InChI=1S/C24H16FNO3/c25-19-12-6-4-10-16(19)18-14-21(27)29-23-17-11-5-7-13-20(17)26(24(28)22(18)23)15-8-2-1-3-9-15/h1-13,18H,14H2. The Morgan fingerprint density at radius 3 is 2.34 bits per heavy atom. The number of hydrogen-bond acceptors (Lipinski definition) is 3. The maximum absolute atomic E-state index is 14.6. The van der Waals surface area contributed by atoms with Gasteiger partial charge in [-0.25, -0.2) is 4.39 Å². The molecule has 0 saturated heterocycles. The molecule has 142 valence electrons. The number of carbonyl (C=O) groups excluding carboxylic acids is 1. The summed E-state index contributed by atoms with van der Waals surface area (Å²) in [5.41, 5.74) is 1.63. The Morgan fingerprint density at radius 1 is 0.862 bits per heavy atom. The molecule has 0 N–H and O–H groups in total. The molecule has 1 atom stereocenters. The average Bonchev–Trinajstić information content (AvgIpc) is 2.74. The molecule has 0 amide bonds. The third kappa shape index (κ3) is 2.74. The monoisotopic (exact) mass is 385 g/mol. The van der Waals surface area contributed by atoms with E-state index in [0.717, 1.165) is 0 Å². The number of esters is 1. The lowest BCUT2D eigenvalue weighted by Crippen LogP contribution is -2.32. The van der Waals surface area contributed by atoms with E-state index >= 15 is 0 Å². The quantitative estimate of drug-likeness (QED) is 0.475. The van der Waals surface area contributed by atoms with E-state index in [1.54, 1.807) is 22.8 Å². The van der Waals surface area contributed by atoms with Crippen molar-refractivity contribution in [2.45, 2.75) is 12.3 Å². The highest BCUT2D eigenvalue weighted by molar-refractivity contribution is 5.92. The normalized spacial score (nSPS) is 15.8.